The van der Waals surface area contributed by atoms with Gasteiger partial charge in [-0.1, -0.05) is 97.1 Å². The van der Waals surface area contributed by atoms with Crippen molar-refractivity contribution in [1.82, 2.24) is 39.3 Å². The van der Waals surface area contributed by atoms with Crippen molar-refractivity contribution in [1.29, 1.82) is 0 Å². The van der Waals surface area contributed by atoms with E-state index in [0.29, 0.717) is 41.5 Å². The van der Waals surface area contributed by atoms with Gasteiger partial charge in [-0.05, 0) is 52.9 Å². The van der Waals surface area contributed by atoms with Gasteiger partial charge in [0.05, 0.1) is 5.69 Å². The molecule has 7 rings (SSSR count). The second-order valence-corrected chi connectivity index (χ2v) is 10.5. The lowest BCUT2D eigenvalue weighted by atomic mass is 9.98. The summed E-state index contributed by atoms with van der Waals surface area (Å²) in [5.41, 5.74) is 5.55. The summed E-state index contributed by atoms with van der Waals surface area (Å²) in [6.07, 6.45) is 0.552. The van der Waals surface area contributed by atoms with Crippen molar-refractivity contribution in [3.63, 3.8) is 0 Å². The van der Waals surface area contributed by atoms with E-state index >= 15 is 0 Å². The van der Waals surface area contributed by atoms with Gasteiger partial charge in [0.15, 0.2) is 11.2 Å². The van der Waals surface area contributed by atoms with Gasteiger partial charge in [-0.15, -0.1) is 10.2 Å². The number of benzene rings is 4. The molecule has 10 nitrogen and oxygen atoms in total. The number of hydrogen-bond donors (Lipinski definition) is 1. The molecule has 216 valence electrons. The number of nitrogens with zero attached hydrogens (tertiary/aromatic N) is 7. The Morgan fingerprint density at radius 3 is 2.11 bits per heavy atom. The highest BCUT2D eigenvalue weighted by atomic mass is 16.2. The second kappa shape index (κ2) is 11.4. The minimum absolute atomic E-state index is 0.253. The molecule has 0 spiro atoms. The number of aryl methyl sites for hydroxylation is 2. The Bertz CT molecular complexity index is 2180. The molecule has 0 radical (unpaired) electrons. The van der Waals surface area contributed by atoms with Crippen LogP contribution in [0.5, 0.6) is 0 Å². The molecular formula is C34H28N8O2. The van der Waals surface area contributed by atoms with Crippen LogP contribution in [0.4, 0.5) is 0 Å². The van der Waals surface area contributed by atoms with Crippen LogP contribution in [0.3, 0.4) is 0 Å². The Balaban J connectivity index is 1.30. The third-order valence-corrected chi connectivity index (χ3v) is 7.82. The molecule has 0 amide bonds. The number of nitrogens with one attached hydrogen (secondary N) is 1. The Labute approximate surface area is 251 Å². The highest BCUT2D eigenvalue weighted by Gasteiger charge is 2.21. The predicted molar refractivity (Wildman–Crippen MR) is 169 cm³/mol. The van der Waals surface area contributed by atoms with Crippen molar-refractivity contribution in [3.05, 3.63) is 147 Å². The molecule has 0 aliphatic carbocycles. The summed E-state index contributed by atoms with van der Waals surface area (Å²) in [5, 5.41) is 14.5. The fraction of sp³-hybridized carbons (Fsp3) is 0.118. The topological polar surface area (TPSA) is 116 Å². The monoisotopic (exact) mass is 580 g/mol. The van der Waals surface area contributed by atoms with E-state index < -0.39 is 5.69 Å². The zero-order valence-corrected chi connectivity index (χ0v) is 24.0. The van der Waals surface area contributed by atoms with Crippen LogP contribution in [0.1, 0.15) is 17.0 Å². The first-order valence-electron chi connectivity index (χ1n) is 14.3. The van der Waals surface area contributed by atoms with Crippen LogP contribution in [-0.4, -0.2) is 39.3 Å². The smallest absolute Gasteiger partial charge is 0.318 e. The Kier molecular flexibility index (Phi) is 6.99. The van der Waals surface area contributed by atoms with Crippen molar-refractivity contribution in [2.75, 3.05) is 0 Å². The summed E-state index contributed by atoms with van der Waals surface area (Å²) >= 11 is 0. The third-order valence-electron chi connectivity index (χ3n) is 7.82. The van der Waals surface area contributed by atoms with Crippen molar-refractivity contribution in [2.45, 2.75) is 26.4 Å². The summed E-state index contributed by atoms with van der Waals surface area (Å²) in [6, 6.07) is 35.3. The number of para-hydroxylation sites is 1. The first-order chi connectivity index (χ1) is 21.6. The average Bonchev–Trinajstić information content (AvgIpc) is 3.71. The van der Waals surface area contributed by atoms with Crippen LogP contribution in [0.15, 0.2) is 119 Å². The fourth-order valence-corrected chi connectivity index (χ4v) is 5.61. The molecule has 44 heavy (non-hydrogen) atoms. The zero-order chi connectivity index (χ0) is 30.0. The molecule has 0 saturated heterocycles. The van der Waals surface area contributed by atoms with Gasteiger partial charge in [0.25, 0.3) is 5.56 Å². The summed E-state index contributed by atoms with van der Waals surface area (Å²) in [5.74, 6) is 1.17. The van der Waals surface area contributed by atoms with Gasteiger partial charge in [0.2, 0.25) is 5.82 Å². The molecule has 1 N–H and O–H groups in total. The fourth-order valence-electron chi connectivity index (χ4n) is 5.61. The average molecular weight is 581 g/mol. The van der Waals surface area contributed by atoms with Crippen molar-refractivity contribution in [2.24, 2.45) is 0 Å². The molecule has 0 aliphatic heterocycles. The molecule has 0 atom stereocenters. The number of rotatable bonds is 8. The van der Waals surface area contributed by atoms with E-state index in [4.69, 9.17) is 4.98 Å². The Morgan fingerprint density at radius 2 is 1.41 bits per heavy atom. The molecule has 0 unspecified atom stereocenters. The van der Waals surface area contributed by atoms with Gasteiger partial charge in [-0.3, -0.25) is 9.36 Å². The molecule has 3 heterocycles. The lowest BCUT2D eigenvalue weighted by Gasteiger charge is -2.13. The number of hydrogen-bond acceptors (Lipinski definition) is 6. The number of H-pyrrole nitrogens is 1. The maximum absolute atomic E-state index is 14.0. The molecule has 10 heteroatoms. The molecule has 0 aliphatic rings. The SMILES string of the molecule is Cc1nc2c(c(=O)n(CCc3ccccc3)c(=O)n2-c2ccccc2)n1Cc1ccc(-c2ccccc2-c2nn[nH]n2)cc1. The van der Waals surface area contributed by atoms with E-state index in [1.807, 2.05) is 121 Å². The summed E-state index contributed by atoms with van der Waals surface area (Å²) < 4.78 is 4.78. The Hall–Kier alpha value is -5.90. The lowest BCUT2D eigenvalue weighted by Crippen LogP contribution is -2.40. The largest absolute Gasteiger partial charge is 0.337 e. The van der Waals surface area contributed by atoms with E-state index in [-0.39, 0.29) is 12.1 Å². The standard InChI is InChI=1S/C34H28N8O2/c1-23-35-32-30(33(43)40(21-20-24-10-4-2-5-11-24)34(44)42(32)27-12-6-3-7-13-27)41(23)22-25-16-18-26(19-17-25)28-14-8-9-15-29(28)31-36-38-39-37-31/h2-19H,20-22H2,1H3,(H,36,37,38,39). The number of imidazole rings is 1. The summed E-state index contributed by atoms with van der Waals surface area (Å²) in [4.78, 5) is 32.6. The highest BCUT2D eigenvalue weighted by molar-refractivity contribution is 5.80. The molecule has 0 saturated carbocycles. The van der Waals surface area contributed by atoms with Gasteiger partial charge < -0.3 is 4.57 Å². The van der Waals surface area contributed by atoms with Gasteiger partial charge in [-0.25, -0.2) is 14.3 Å². The first-order valence-corrected chi connectivity index (χ1v) is 14.3. The van der Waals surface area contributed by atoms with Gasteiger partial charge in [0, 0.05) is 18.7 Å². The third kappa shape index (κ3) is 4.92. The predicted octanol–water partition coefficient (Wildman–Crippen LogP) is 4.80. The van der Waals surface area contributed by atoms with Crippen molar-refractivity contribution in [3.8, 4) is 28.2 Å². The maximum Gasteiger partial charge on any atom is 0.337 e. The molecule has 7 aromatic rings. The lowest BCUT2D eigenvalue weighted by molar-refractivity contribution is 0.615. The minimum Gasteiger partial charge on any atom is -0.318 e. The normalized spacial score (nSPS) is 11.3. The number of fused-ring (bicyclic) bond motifs is 1. The Morgan fingerprint density at radius 1 is 0.727 bits per heavy atom. The minimum atomic E-state index is -0.404. The molecule has 0 fully saturated rings. The van der Waals surface area contributed by atoms with E-state index in [1.165, 1.54) is 4.57 Å². The molecule has 4 aromatic carbocycles. The van der Waals surface area contributed by atoms with Gasteiger partial charge in [0.1, 0.15) is 5.82 Å². The number of tetrazole rings is 1. The van der Waals surface area contributed by atoms with E-state index in [1.54, 1.807) is 4.57 Å². The molecule has 3 aromatic heterocycles. The molecule has 0 bridgehead atoms. The van der Waals surface area contributed by atoms with Gasteiger partial charge >= 0.3 is 5.69 Å². The van der Waals surface area contributed by atoms with E-state index in [9.17, 15) is 9.59 Å². The highest BCUT2D eigenvalue weighted by Crippen LogP contribution is 2.30. The van der Waals surface area contributed by atoms with Crippen LogP contribution in [0.2, 0.25) is 0 Å². The van der Waals surface area contributed by atoms with Crippen LogP contribution >= 0.6 is 0 Å². The maximum atomic E-state index is 14.0. The number of aromatic amines is 1. The van der Waals surface area contributed by atoms with E-state index in [2.05, 4.69) is 20.6 Å². The summed E-state index contributed by atoms with van der Waals surface area (Å²) in [7, 11) is 0. The quantitative estimate of drug-likeness (QED) is 0.276. The zero-order valence-electron chi connectivity index (χ0n) is 24.0. The second-order valence-electron chi connectivity index (χ2n) is 10.5. The van der Waals surface area contributed by atoms with E-state index in [0.717, 1.165) is 27.8 Å². The van der Waals surface area contributed by atoms with Crippen molar-refractivity contribution < 1.29 is 0 Å². The summed E-state index contributed by atoms with van der Waals surface area (Å²) in [6.45, 7) is 2.53. The van der Waals surface area contributed by atoms with Crippen LogP contribution < -0.4 is 11.2 Å². The van der Waals surface area contributed by atoms with Crippen LogP contribution in [0.25, 0.3) is 39.4 Å². The van der Waals surface area contributed by atoms with Gasteiger partial charge in [-0.2, -0.15) is 5.21 Å². The van der Waals surface area contributed by atoms with Crippen molar-refractivity contribution >= 4 is 11.2 Å². The van der Waals surface area contributed by atoms with Crippen LogP contribution in [0, 0.1) is 6.92 Å². The molecular weight excluding hydrogens is 552 g/mol. The first kappa shape index (κ1) is 27.0. The van der Waals surface area contributed by atoms with Crippen LogP contribution in [-0.2, 0) is 19.5 Å². The number of aromatic nitrogens is 8.